The first-order valence-corrected chi connectivity index (χ1v) is 14.9. The summed E-state index contributed by atoms with van der Waals surface area (Å²) in [4.78, 5) is 42.5. The lowest BCUT2D eigenvalue weighted by atomic mass is 9.63. The van der Waals surface area contributed by atoms with Crippen LogP contribution in [0.15, 0.2) is 30.9 Å². The van der Waals surface area contributed by atoms with Gasteiger partial charge in [0.05, 0.1) is 18.5 Å². The lowest BCUT2D eigenvalue weighted by Gasteiger charge is -2.43. The lowest BCUT2D eigenvalue weighted by molar-refractivity contribution is -0.128. The van der Waals surface area contributed by atoms with Crippen LogP contribution in [0.4, 0.5) is 10.2 Å². The van der Waals surface area contributed by atoms with Crippen LogP contribution in [0.5, 0.6) is 6.01 Å². The lowest BCUT2D eigenvalue weighted by Crippen LogP contribution is -2.55. The Labute approximate surface area is 246 Å². The van der Waals surface area contributed by atoms with E-state index in [1.54, 1.807) is 11.0 Å². The number of benzene rings is 1. The van der Waals surface area contributed by atoms with Crippen LogP contribution in [0, 0.1) is 22.6 Å². The Morgan fingerprint density at radius 1 is 1.21 bits per heavy atom. The third kappa shape index (κ3) is 5.15. The summed E-state index contributed by atoms with van der Waals surface area (Å²) in [5, 5.41) is 9.49. The number of likely N-dealkylation sites (tertiary alicyclic amines) is 1. The van der Waals surface area contributed by atoms with Crippen LogP contribution in [0.25, 0.3) is 0 Å². The van der Waals surface area contributed by atoms with Crippen molar-refractivity contribution in [2.45, 2.75) is 63.5 Å². The highest BCUT2D eigenvalue weighted by atomic mass is 19.1. The van der Waals surface area contributed by atoms with Gasteiger partial charge in [0, 0.05) is 36.7 Å². The molecule has 0 saturated carbocycles. The number of amides is 1. The van der Waals surface area contributed by atoms with Gasteiger partial charge in [0.2, 0.25) is 5.91 Å². The zero-order chi connectivity index (χ0) is 29.4. The van der Waals surface area contributed by atoms with Crippen molar-refractivity contribution in [2.75, 3.05) is 44.7 Å². The molecule has 3 heterocycles. The number of aromatic nitrogens is 2. The van der Waals surface area contributed by atoms with Gasteiger partial charge in [0.25, 0.3) is 0 Å². The van der Waals surface area contributed by atoms with E-state index in [0.29, 0.717) is 69.9 Å². The summed E-state index contributed by atoms with van der Waals surface area (Å²) in [7, 11) is 2.08. The van der Waals surface area contributed by atoms with Gasteiger partial charge in [-0.2, -0.15) is 15.2 Å². The number of aryl methyl sites for hydroxylation is 1. The smallest absolute Gasteiger partial charge is 0.319 e. The van der Waals surface area contributed by atoms with E-state index in [1.165, 1.54) is 12.1 Å². The molecule has 2 aliphatic carbocycles. The Hall–Kier alpha value is -3.84. The van der Waals surface area contributed by atoms with E-state index in [-0.39, 0.29) is 42.0 Å². The van der Waals surface area contributed by atoms with Crippen molar-refractivity contribution in [3.63, 3.8) is 0 Å². The monoisotopic (exact) mass is 572 g/mol. The first kappa shape index (κ1) is 28.3. The van der Waals surface area contributed by atoms with Crippen LogP contribution in [-0.2, 0) is 24.1 Å². The highest BCUT2D eigenvalue weighted by Gasteiger charge is 2.47. The van der Waals surface area contributed by atoms with Crippen molar-refractivity contribution in [3.05, 3.63) is 59.1 Å². The first-order chi connectivity index (χ1) is 20.3. The molecule has 2 fully saturated rings. The molecule has 42 heavy (non-hydrogen) atoms. The molecule has 2 aromatic rings. The van der Waals surface area contributed by atoms with Crippen LogP contribution in [0.2, 0.25) is 0 Å². The molecule has 1 amide bonds. The number of carbonyl (C=O) groups is 2. The van der Waals surface area contributed by atoms with Gasteiger partial charge in [-0.05, 0) is 87.9 Å². The predicted octanol–water partition coefficient (Wildman–Crippen LogP) is 3.51. The summed E-state index contributed by atoms with van der Waals surface area (Å²) in [6.45, 7) is 6.42. The Kier molecular flexibility index (Phi) is 7.71. The maximum Gasteiger partial charge on any atom is 0.319 e. The molecule has 0 N–H and O–H groups in total. The number of likely N-dealkylation sites (N-methyl/N-ethyl adjacent to an activating group) is 1. The molecule has 6 rings (SSSR count). The quantitative estimate of drug-likeness (QED) is 0.485. The van der Waals surface area contributed by atoms with E-state index in [2.05, 4.69) is 29.5 Å². The van der Waals surface area contributed by atoms with Crippen molar-refractivity contribution in [1.82, 2.24) is 19.8 Å². The van der Waals surface area contributed by atoms with Crippen LogP contribution in [0.1, 0.15) is 59.3 Å². The second kappa shape index (κ2) is 11.4. The average Bonchev–Trinajstić information content (AvgIpc) is 3.42. The number of halogens is 1. The minimum absolute atomic E-state index is 0.000689. The Balaban J connectivity index is 1.34. The van der Waals surface area contributed by atoms with Crippen LogP contribution >= 0.6 is 0 Å². The SMILES string of the molecule is C=CC(=O)N1CCN(c2nc(OCC3CCCN3C)nc3c2CCC2(CCc4cc(F)ccc4C2)C3=O)CC1CC#N. The summed E-state index contributed by atoms with van der Waals surface area (Å²) < 4.78 is 20.1. The molecule has 10 heteroatoms. The van der Waals surface area contributed by atoms with Crippen LogP contribution in [0.3, 0.4) is 0 Å². The van der Waals surface area contributed by atoms with Crippen molar-refractivity contribution in [2.24, 2.45) is 5.41 Å². The van der Waals surface area contributed by atoms with Crippen molar-refractivity contribution < 1.29 is 18.7 Å². The maximum atomic E-state index is 14.4. The zero-order valence-corrected chi connectivity index (χ0v) is 24.1. The normalized spacial score (nSPS) is 25.6. The fraction of sp³-hybridized carbons (Fsp3) is 0.531. The van der Waals surface area contributed by atoms with E-state index in [4.69, 9.17) is 14.7 Å². The molecule has 3 unspecified atom stereocenters. The molecular formula is C32H37FN6O3. The van der Waals surface area contributed by atoms with Gasteiger partial charge in [-0.25, -0.2) is 4.39 Å². The van der Waals surface area contributed by atoms with Gasteiger partial charge < -0.3 is 19.4 Å². The predicted molar refractivity (Wildman–Crippen MR) is 155 cm³/mol. The number of Topliss-reactive ketones (excluding diaryl/α,β-unsaturated/α-hetero) is 1. The molecule has 2 saturated heterocycles. The van der Waals surface area contributed by atoms with Gasteiger partial charge in [-0.3, -0.25) is 9.59 Å². The first-order valence-electron chi connectivity index (χ1n) is 14.9. The summed E-state index contributed by atoms with van der Waals surface area (Å²) in [5.74, 6) is 0.213. The van der Waals surface area contributed by atoms with E-state index in [1.807, 2.05) is 6.07 Å². The second-order valence-corrected chi connectivity index (χ2v) is 12.1. The van der Waals surface area contributed by atoms with Gasteiger partial charge in [-0.1, -0.05) is 12.6 Å². The topological polar surface area (TPSA) is 103 Å². The molecule has 4 aliphatic rings. The van der Waals surface area contributed by atoms with E-state index >= 15 is 0 Å². The molecule has 3 atom stereocenters. The minimum atomic E-state index is -0.592. The summed E-state index contributed by atoms with van der Waals surface area (Å²) >= 11 is 0. The average molecular weight is 573 g/mol. The van der Waals surface area contributed by atoms with Gasteiger partial charge in [-0.15, -0.1) is 0 Å². The third-order valence-electron chi connectivity index (χ3n) is 9.73. The molecule has 1 aromatic carbocycles. The number of piperazine rings is 1. The van der Waals surface area contributed by atoms with E-state index < -0.39 is 5.41 Å². The number of carbonyl (C=O) groups excluding carboxylic acids is 2. The van der Waals surface area contributed by atoms with Crippen molar-refractivity contribution in [3.8, 4) is 12.1 Å². The molecule has 0 bridgehead atoms. The molecule has 220 valence electrons. The number of ether oxygens (including phenoxy) is 1. The highest BCUT2D eigenvalue weighted by molar-refractivity contribution is 6.02. The van der Waals surface area contributed by atoms with Crippen molar-refractivity contribution in [1.29, 1.82) is 5.26 Å². The standard InChI is InChI=1S/C32H37FN6O3/c1-3-27(40)39-16-15-38(19-24(39)10-13-34)30-26-9-12-32(11-8-21-17-23(33)7-6-22(21)18-32)29(41)28(26)35-31(36-30)42-20-25-5-4-14-37(25)2/h3,6-7,17,24-25H,1,4-5,8-12,14-16,18-20H2,2H3. The largest absolute Gasteiger partial charge is 0.462 e. The third-order valence-corrected chi connectivity index (χ3v) is 9.73. The number of nitriles is 1. The number of hydrogen-bond acceptors (Lipinski definition) is 8. The van der Waals surface area contributed by atoms with Gasteiger partial charge in [0.1, 0.15) is 23.9 Å². The Morgan fingerprint density at radius 3 is 2.81 bits per heavy atom. The summed E-state index contributed by atoms with van der Waals surface area (Å²) in [5.41, 5.74) is 2.62. The summed E-state index contributed by atoms with van der Waals surface area (Å²) in [6, 6.07) is 7.21. The minimum Gasteiger partial charge on any atom is -0.462 e. The molecule has 2 aliphatic heterocycles. The number of rotatable bonds is 6. The van der Waals surface area contributed by atoms with E-state index in [9.17, 15) is 19.2 Å². The summed E-state index contributed by atoms with van der Waals surface area (Å²) in [6.07, 6.45) is 6.77. The fourth-order valence-corrected chi connectivity index (χ4v) is 7.25. The second-order valence-electron chi connectivity index (χ2n) is 12.1. The fourth-order valence-electron chi connectivity index (χ4n) is 7.25. The number of anilines is 1. The molecule has 1 aromatic heterocycles. The highest BCUT2D eigenvalue weighted by Crippen LogP contribution is 2.47. The zero-order valence-electron chi connectivity index (χ0n) is 24.1. The molecule has 0 radical (unpaired) electrons. The maximum absolute atomic E-state index is 14.4. The van der Waals surface area contributed by atoms with Crippen LogP contribution in [-0.4, -0.2) is 83.4 Å². The molecule has 1 spiro atoms. The Bertz CT molecular complexity index is 1460. The number of fused-ring (bicyclic) bond motifs is 2. The Morgan fingerprint density at radius 2 is 2.05 bits per heavy atom. The van der Waals surface area contributed by atoms with Gasteiger partial charge >= 0.3 is 6.01 Å². The number of hydrogen-bond donors (Lipinski definition) is 0. The van der Waals surface area contributed by atoms with Crippen molar-refractivity contribution >= 4 is 17.5 Å². The number of ketones is 1. The van der Waals surface area contributed by atoms with Crippen LogP contribution < -0.4 is 9.64 Å². The molecular weight excluding hydrogens is 535 g/mol. The number of nitrogens with zero attached hydrogens (tertiary/aromatic N) is 6. The van der Waals surface area contributed by atoms with Gasteiger partial charge in [0.15, 0.2) is 5.78 Å². The van der Waals surface area contributed by atoms with E-state index in [0.717, 1.165) is 36.1 Å². The molecule has 9 nitrogen and oxygen atoms in total.